The molecule has 1 rings (SSSR count). The van der Waals surface area contributed by atoms with Gasteiger partial charge in [-0.1, -0.05) is 11.6 Å². The summed E-state index contributed by atoms with van der Waals surface area (Å²) in [6.07, 6.45) is 0.518. The molecule has 0 fully saturated rings. The highest BCUT2D eigenvalue weighted by Crippen LogP contribution is 2.37. The molecule has 0 aliphatic heterocycles. The Balaban J connectivity index is 2.90. The first kappa shape index (κ1) is 16.1. The zero-order valence-corrected chi connectivity index (χ0v) is 12.3. The molecule has 0 saturated carbocycles. The lowest BCUT2D eigenvalue weighted by molar-refractivity contribution is 0.0696. The number of aromatic carboxylic acids is 1. The molecule has 0 atom stereocenters. The average molecular weight is 298 g/mol. The zero-order chi connectivity index (χ0) is 15.3. The topological polar surface area (TPSA) is 79.6 Å². The van der Waals surface area contributed by atoms with Gasteiger partial charge >= 0.3 is 5.97 Å². The van der Waals surface area contributed by atoms with Crippen LogP contribution in [0.1, 0.15) is 30.6 Å². The standard InChI is InChI=1S/C14H16ClNO4/c1-14(2,8-16)4-5-20-12-10(15)6-9(13(17)18)7-11(12)19-3/h6-7H,4-5H2,1-3H3,(H,17,18). The highest BCUT2D eigenvalue weighted by Gasteiger charge is 2.19. The van der Waals surface area contributed by atoms with E-state index in [1.54, 1.807) is 0 Å². The second-order valence-electron chi connectivity index (χ2n) is 4.89. The summed E-state index contributed by atoms with van der Waals surface area (Å²) in [6, 6.07) is 4.82. The summed E-state index contributed by atoms with van der Waals surface area (Å²) in [7, 11) is 1.41. The van der Waals surface area contributed by atoms with Gasteiger partial charge in [-0.2, -0.15) is 5.26 Å². The van der Waals surface area contributed by atoms with E-state index in [0.29, 0.717) is 6.42 Å². The average Bonchev–Trinajstić information content (AvgIpc) is 2.39. The molecule has 5 nitrogen and oxygen atoms in total. The van der Waals surface area contributed by atoms with Crippen LogP contribution >= 0.6 is 11.6 Å². The molecule has 0 radical (unpaired) electrons. The van der Waals surface area contributed by atoms with Crippen LogP contribution in [0.3, 0.4) is 0 Å². The Labute approximate surface area is 122 Å². The van der Waals surface area contributed by atoms with Gasteiger partial charge in [-0.15, -0.1) is 0 Å². The van der Waals surface area contributed by atoms with Crippen LogP contribution in [0.5, 0.6) is 11.5 Å². The van der Waals surface area contributed by atoms with Crippen molar-refractivity contribution in [3.63, 3.8) is 0 Å². The first-order valence-corrected chi connectivity index (χ1v) is 6.33. The largest absolute Gasteiger partial charge is 0.493 e. The maximum absolute atomic E-state index is 10.9. The second-order valence-corrected chi connectivity index (χ2v) is 5.30. The molecule has 0 bridgehead atoms. The predicted molar refractivity (Wildman–Crippen MR) is 74.5 cm³/mol. The minimum absolute atomic E-state index is 0.0246. The molecule has 1 N–H and O–H groups in total. The zero-order valence-electron chi connectivity index (χ0n) is 11.6. The molecular formula is C14H16ClNO4. The van der Waals surface area contributed by atoms with Crippen LogP contribution in [0.4, 0.5) is 0 Å². The molecule has 0 spiro atoms. The maximum Gasteiger partial charge on any atom is 0.335 e. The lowest BCUT2D eigenvalue weighted by atomic mass is 9.92. The second kappa shape index (κ2) is 6.49. The van der Waals surface area contributed by atoms with Crippen LogP contribution in [0.15, 0.2) is 12.1 Å². The Kier molecular flexibility index (Phi) is 5.23. The van der Waals surface area contributed by atoms with E-state index >= 15 is 0 Å². The van der Waals surface area contributed by atoms with Gasteiger partial charge in [0.2, 0.25) is 0 Å². The third kappa shape index (κ3) is 4.04. The van der Waals surface area contributed by atoms with Crippen molar-refractivity contribution in [3.8, 4) is 17.6 Å². The molecule has 0 saturated heterocycles. The van der Waals surface area contributed by atoms with Gasteiger partial charge in [-0.05, 0) is 32.4 Å². The van der Waals surface area contributed by atoms with Crippen molar-refractivity contribution in [1.29, 1.82) is 5.26 Å². The summed E-state index contributed by atoms with van der Waals surface area (Å²) in [5.41, 5.74) is -0.475. The van der Waals surface area contributed by atoms with Crippen LogP contribution in [0.25, 0.3) is 0 Å². The molecule has 0 amide bonds. The Morgan fingerprint density at radius 3 is 2.65 bits per heavy atom. The summed E-state index contributed by atoms with van der Waals surface area (Å²) in [5, 5.41) is 18.0. The smallest absolute Gasteiger partial charge is 0.335 e. The van der Waals surface area contributed by atoms with Gasteiger partial charge in [-0.25, -0.2) is 4.79 Å². The molecule has 1 aromatic carbocycles. The Hall–Kier alpha value is -1.93. The molecule has 108 valence electrons. The van der Waals surface area contributed by atoms with Crippen LogP contribution in [-0.2, 0) is 0 Å². The van der Waals surface area contributed by atoms with Gasteiger partial charge in [-0.3, -0.25) is 0 Å². The van der Waals surface area contributed by atoms with Crippen LogP contribution in [0, 0.1) is 16.7 Å². The monoisotopic (exact) mass is 297 g/mol. The van der Waals surface area contributed by atoms with Crippen LogP contribution in [-0.4, -0.2) is 24.8 Å². The van der Waals surface area contributed by atoms with Gasteiger partial charge in [0.1, 0.15) is 0 Å². The van der Waals surface area contributed by atoms with Crippen LogP contribution in [0.2, 0.25) is 5.02 Å². The number of carboxylic acid groups (broad SMARTS) is 1. The van der Waals surface area contributed by atoms with Crippen molar-refractivity contribution in [2.75, 3.05) is 13.7 Å². The molecule has 6 heteroatoms. The number of methoxy groups -OCH3 is 1. The van der Waals surface area contributed by atoms with Gasteiger partial charge in [0.25, 0.3) is 0 Å². The van der Waals surface area contributed by atoms with Crippen molar-refractivity contribution in [1.82, 2.24) is 0 Å². The van der Waals surface area contributed by atoms with Gasteiger partial charge < -0.3 is 14.6 Å². The van der Waals surface area contributed by atoms with Crippen molar-refractivity contribution in [2.45, 2.75) is 20.3 Å². The molecular weight excluding hydrogens is 282 g/mol. The maximum atomic E-state index is 10.9. The summed E-state index contributed by atoms with van der Waals surface area (Å²) in [6.45, 7) is 3.90. The predicted octanol–water partition coefficient (Wildman–Crippen LogP) is 3.37. The van der Waals surface area contributed by atoms with E-state index in [9.17, 15) is 4.79 Å². The van der Waals surface area contributed by atoms with E-state index in [0.717, 1.165) is 0 Å². The van der Waals surface area contributed by atoms with Gasteiger partial charge in [0.15, 0.2) is 11.5 Å². The first-order valence-electron chi connectivity index (χ1n) is 5.95. The minimum Gasteiger partial charge on any atom is -0.493 e. The molecule has 0 aliphatic carbocycles. The Bertz CT molecular complexity index is 549. The summed E-state index contributed by atoms with van der Waals surface area (Å²) in [4.78, 5) is 10.9. The third-order valence-electron chi connectivity index (χ3n) is 2.75. The number of rotatable bonds is 6. The highest BCUT2D eigenvalue weighted by atomic mass is 35.5. The van der Waals surface area contributed by atoms with E-state index in [1.807, 2.05) is 13.8 Å². The van der Waals surface area contributed by atoms with E-state index in [4.69, 9.17) is 31.4 Å². The van der Waals surface area contributed by atoms with E-state index in [2.05, 4.69) is 6.07 Å². The number of hydrogen-bond donors (Lipinski definition) is 1. The number of carboxylic acids is 1. The number of ether oxygens (including phenoxy) is 2. The number of hydrogen-bond acceptors (Lipinski definition) is 4. The van der Waals surface area contributed by atoms with Gasteiger partial charge in [0.05, 0.1) is 35.8 Å². The van der Waals surface area contributed by atoms with Crippen LogP contribution < -0.4 is 9.47 Å². The summed E-state index contributed by atoms with van der Waals surface area (Å²) in [5.74, 6) is -0.556. The number of carbonyl (C=O) groups is 1. The SMILES string of the molecule is COc1cc(C(=O)O)cc(Cl)c1OCCC(C)(C)C#N. The van der Waals surface area contributed by atoms with E-state index < -0.39 is 11.4 Å². The molecule has 0 aromatic heterocycles. The van der Waals surface area contributed by atoms with Crippen molar-refractivity contribution in [3.05, 3.63) is 22.7 Å². The number of halogens is 1. The minimum atomic E-state index is -1.10. The van der Waals surface area contributed by atoms with Crippen molar-refractivity contribution >= 4 is 17.6 Å². The van der Waals surface area contributed by atoms with Crippen molar-refractivity contribution < 1.29 is 19.4 Å². The lowest BCUT2D eigenvalue weighted by Gasteiger charge is -2.17. The first-order chi connectivity index (χ1) is 9.30. The normalized spacial score (nSPS) is 10.8. The molecule has 0 unspecified atom stereocenters. The quantitative estimate of drug-likeness (QED) is 0.871. The third-order valence-corrected chi connectivity index (χ3v) is 3.03. The summed E-state index contributed by atoms with van der Waals surface area (Å²) >= 11 is 6.01. The molecule has 0 heterocycles. The number of benzene rings is 1. The summed E-state index contributed by atoms with van der Waals surface area (Å²) < 4.78 is 10.6. The van der Waals surface area contributed by atoms with Gasteiger partial charge in [0, 0.05) is 0 Å². The van der Waals surface area contributed by atoms with Crippen molar-refractivity contribution in [2.24, 2.45) is 5.41 Å². The fourth-order valence-electron chi connectivity index (χ4n) is 1.45. The van der Waals surface area contributed by atoms with E-state index in [-0.39, 0.29) is 28.7 Å². The highest BCUT2D eigenvalue weighted by molar-refractivity contribution is 6.32. The number of nitrogens with zero attached hydrogens (tertiary/aromatic N) is 1. The fourth-order valence-corrected chi connectivity index (χ4v) is 1.71. The fraction of sp³-hybridized carbons (Fsp3) is 0.429. The Morgan fingerprint density at radius 1 is 1.50 bits per heavy atom. The Morgan fingerprint density at radius 2 is 2.15 bits per heavy atom. The molecule has 0 aliphatic rings. The number of nitriles is 1. The van der Waals surface area contributed by atoms with E-state index in [1.165, 1.54) is 19.2 Å². The lowest BCUT2D eigenvalue weighted by Crippen LogP contribution is -2.13. The molecule has 1 aromatic rings. The molecule has 20 heavy (non-hydrogen) atoms.